The van der Waals surface area contributed by atoms with Crippen LogP contribution in [0.25, 0.3) is 5.95 Å². The van der Waals surface area contributed by atoms with Crippen molar-refractivity contribution >= 4 is 11.9 Å². The highest BCUT2D eigenvalue weighted by molar-refractivity contribution is 5.38. The average Bonchev–Trinajstić information content (AvgIpc) is 2.90. The molecule has 0 amide bonds. The molecule has 0 bridgehead atoms. The van der Waals surface area contributed by atoms with Gasteiger partial charge in [0.05, 0.1) is 0 Å². The first-order chi connectivity index (χ1) is 9.39. The lowest BCUT2D eigenvalue weighted by Gasteiger charge is -2.26. The number of nitrogens with two attached hydrogens (primary N) is 1. The molecule has 0 unspecified atom stereocenters. The van der Waals surface area contributed by atoms with Crippen molar-refractivity contribution in [2.75, 3.05) is 23.9 Å². The molecule has 2 heterocycles. The van der Waals surface area contributed by atoms with Gasteiger partial charge >= 0.3 is 0 Å². The van der Waals surface area contributed by atoms with E-state index in [-0.39, 0.29) is 5.41 Å². The number of rotatable bonds is 4. The zero-order valence-corrected chi connectivity index (χ0v) is 12.2. The molecule has 0 aliphatic rings. The van der Waals surface area contributed by atoms with Crippen LogP contribution in [0.3, 0.4) is 0 Å². The molecular formula is C12H20N8. The smallest absolute Gasteiger partial charge is 0.257 e. The van der Waals surface area contributed by atoms with Gasteiger partial charge in [-0.25, -0.2) is 10.5 Å². The standard InChI is InChI=1S/C12H20N8/c1-12(2,3)8-19(4)10-15-9(18-13)16-11(17-10)20-7-5-6-14-20/h5-7H,8,13H2,1-4H3,(H,15,16,17,18). The van der Waals surface area contributed by atoms with E-state index >= 15 is 0 Å². The fourth-order valence-electron chi connectivity index (χ4n) is 1.86. The van der Waals surface area contributed by atoms with Crippen molar-refractivity contribution in [3.8, 4) is 5.95 Å². The highest BCUT2D eigenvalue weighted by Crippen LogP contribution is 2.18. The monoisotopic (exact) mass is 276 g/mol. The van der Waals surface area contributed by atoms with E-state index in [0.717, 1.165) is 6.54 Å². The third-order valence-corrected chi connectivity index (χ3v) is 2.50. The van der Waals surface area contributed by atoms with E-state index in [1.807, 2.05) is 11.9 Å². The second-order valence-corrected chi connectivity index (χ2v) is 5.77. The summed E-state index contributed by atoms with van der Waals surface area (Å²) in [7, 11) is 1.94. The Labute approximate surface area is 118 Å². The van der Waals surface area contributed by atoms with Gasteiger partial charge in [-0.1, -0.05) is 20.8 Å². The molecule has 2 rings (SSSR count). The van der Waals surface area contributed by atoms with Crippen molar-refractivity contribution in [3.63, 3.8) is 0 Å². The van der Waals surface area contributed by atoms with Crippen molar-refractivity contribution < 1.29 is 0 Å². The maximum absolute atomic E-state index is 5.42. The average molecular weight is 276 g/mol. The lowest BCUT2D eigenvalue weighted by atomic mass is 9.96. The fourth-order valence-corrected chi connectivity index (χ4v) is 1.86. The molecule has 8 heteroatoms. The number of nitrogen functional groups attached to an aromatic ring is 1. The maximum Gasteiger partial charge on any atom is 0.257 e. The number of aromatic nitrogens is 5. The van der Waals surface area contributed by atoms with E-state index in [9.17, 15) is 0 Å². The van der Waals surface area contributed by atoms with Crippen molar-refractivity contribution in [2.45, 2.75) is 20.8 Å². The Morgan fingerprint density at radius 2 is 2.05 bits per heavy atom. The largest absolute Gasteiger partial charge is 0.343 e. The first kappa shape index (κ1) is 14.2. The highest BCUT2D eigenvalue weighted by atomic mass is 15.4. The third-order valence-electron chi connectivity index (χ3n) is 2.50. The van der Waals surface area contributed by atoms with Gasteiger partial charge in [-0.05, 0) is 11.5 Å². The summed E-state index contributed by atoms with van der Waals surface area (Å²) in [4.78, 5) is 14.8. The van der Waals surface area contributed by atoms with E-state index in [1.54, 1.807) is 23.1 Å². The van der Waals surface area contributed by atoms with Crippen LogP contribution in [0.1, 0.15) is 20.8 Å². The quantitative estimate of drug-likeness (QED) is 0.630. The predicted octanol–water partition coefficient (Wildman–Crippen LogP) is 0.825. The third kappa shape index (κ3) is 3.41. The minimum atomic E-state index is 0.129. The van der Waals surface area contributed by atoms with E-state index < -0.39 is 0 Å². The van der Waals surface area contributed by atoms with Crippen LogP contribution < -0.4 is 16.2 Å². The number of hydrogen-bond donors (Lipinski definition) is 2. The van der Waals surface area contributed by atoms with Crippen molar-refractivity contribution in [3.05, 3.63) is 18.5 Å². The molecule has 0 fully saturated rings. The van der Waals surface area contributed by atoms with Crippen molar-refractivity contribution in [1.29, 1.82) is 0 Å². The molecule has 0 aliphatic carbocycles. The molecule has 8 nitrogen and oxygen atoms in total. The Hall–Kier alpha value is -2.22. The van der Waals surface area contributed by atoms with Crippen molar-refractivity contribution in [2.24, 2.45) is 11.3 Å². The topological polar surface area (TPSA) is 97.8 Å². The molecule has 3 N–H and O–H groups in total. The van der Waals surface area contributed by atoms with Gasteiger partial charge < -0.3 is 4.90 Å². The maximum atomic E-state index is 5.42. The lowest BCUT2D eigenvalue weighted by Crippen LogP contribution is -2.31. The first-order valence-corrected chi connectivity index (χ1v) is 6.33. The molecule has 20 heavy (non-hydrogen) atoms. The van der Waals surface area contributed by atoms with E-state index in [2.05, 4.69) is 46.2 Å². The molecule has 108 valence electrons. The molecule has 0 aliphatic heterocycles. The highest BCUT2D eigenvalue weighted by Gasteiger charge is 2.17. The molecular weight excluding hydrogens is 256 g/mol. The number of hydrogen-bond acceptors (Lipinski definition) is 7. The van der Waals surface area contributed by atoms with Gasteiger partial charge in [-0.2, -0.15) is 20.1 Å². The molecule has 2 aromatic rings. The Balaban J connectivity index is 2.36. The number of anilines is 2. The normalized spacial score (nSPS) is 11.4. The zero-order valence-electron chi connectivity index (χ0n) is 12.2. The molecule has 0 radical (unpaired) electrons. The van der Waals surface area contributed by atoms with Crippen LogP contribution in [0.4, 0.5) is 11.9 Å². The van der Waals surface area contributed by atoms with Crippen LogP contribution in [0.5, 0.6) is 0 Å². The number of nitrogens with zero attached hydrogens (tertiary/aromatic N) is 6. The van der Waals surface area contributed by atoms with Gasteiger partial charge in [-0.15, -0.1) is 0 Å². The van der Waals surface area contributed by atoms with Crippen LogP contribution >= 0.6 is 0 Å². The fraction of sp³-hybridized carbons (Fsp3) is 0.500. The van der Waals surface area contributed by atoms with Gasteiger partial charge in [0.15, 0.2) is 0 Å². The Kier molecular flexibility index (Phi) is 3.84. The SMILES string of the molecule is CN(CC(C)(C)C)c1nc(NN)nc(-n2cccn2)n1. The van der Waals surface area contributed by atoms with E-state index in [4.69, 9.17) is 5.84 Å². The van der Waals surface area contributed by atoms with Crippen LogP contribution in [0, 0.1) is 5.41 Å². The lowest BCUT2D eigenvalue weighted by molar-refractivity contribution is 0.416. The summed E-state index contributed by atoms with van der Waals surface area (Å²) >= 11 is 0. The number of hydrazine groups is 1. The minimum absolute atomic E-state index is 0.129. The van der Waals surface area contributed by atoms with Crippen molar-refractivity contribution in [1.82, 2.24) is 24.7 Å². The van der Waals surface area contributed by atoms with Gasteiger partial charge in [0.2, 0.25) is 11.9 Å². The summed E-state index contributed by atoms with van der Waals surface area (Å²) in [6.45, 7) is 7.27. The Bertz CT molecular complexity index is 557. The summed E-state index contributed by atoms with van der Waals surface area (Å²) in [6.07, 6.45) is 3.43. The molecule has 0 spiro atoms. The first-order valence-electron chi connectivity index (χ1n) is 6.33. The summed E-state index contributed by atoms with van der Waals surface area (Å²) < 4.78 is 1.57. The second kappa shape index (κ2) is 5.41. The summed E-state index contributed by atoms with van der Waals surface area (Å²) in [6, 6.07) is 1.80. The Morgan fingerprint density at radius 3 is 2.60 bits per heavy atom. The minimum Gasteiger partial charge on any atom is -0.343 e. The Morgan fingerprint density at radius 1 is 1.30 bits per heavy atom. The predicted molar refractivity (Wildman–Crippen MR) is 77.5 cm³/mol. The molecule has 0 aromatic carbocycles. The summed E-state index contributed by atoms with van der Waals surface area (Å²) in [5.74, 6) is 6.70. The van der Waals surface area contributed by atoms with Crippen LogP contribution in [-0.2, 0) is 0 Å². The number of nitrogens with one attached hydrogen (secondary N) is 1. The van der Waals surface area contributed by atoms with Gasteiger partial charge in [0, 0.05) is 26.0 Å². The second-order valence-electron chi connectivity index (χ2n) is 5.77. The molecule has 0 saturated heterocycles. The van der Waals surface area contributed by atoms with Crippen LogP contribution in [-0.4, -0.2) is 38.3 Å². The summed E-state index contributed by atoms with van der Waals surface area (Å²) in [5.41, 5.74) is 2.59. The zero-order chi connectivity index (χ0) is 14.8. The van der Waals surface area contributed by atoms with E-state index in [0.29, 0.717) is 17.8 Å². The van der Waals surface area contributed by atoms with Gasteiger partial charge in [-0.3, -0.25) is 5.43 Å². The summed E-state index contributed by atoms with van der Waals surface area (Å²) in [5, 5.41) is 4.11. The van der Waals surface area contributed by atoms with E-state index in [1.165, 1.54) is 0 Å². The molecule has 2 aromatic heterocycles. The van der Waals surface area contributed by atoms with Crippen LogP contribution in [0.15, 0.2) is 18.5 Å². The molecule has 0 atom stereocenters. The van der Waals surface area contributed by atoms with Gasteiger partial charge in [0.1, 0.15) is 0 Å². The van der Waals surface area contributed by atoms with Crippen LogP contribution in [0.2, 0.25) is 0 Å². The van der Waals surface area contributed by atoms with Gasteiger partial charge in [0.25, 0.3) is 5.95 Å². The molecule has 0 saturated carbocycles.